The second kappa shape index (κ2) is 6.91. The van der Waals surface area contributed by atoms with Gasteiger partial charge in [0.1, 0.15) is 6.61 Å². The number of ether oxygens (including phenoxy) is 1. The van der Waals surface area contributed by atoms with Gasteiger partial charge >= 0.3 is 0 Å². The zero-order chi connectivity index (χ0) is 12.8. The summed E-state index contributed by atoms with van der Waals surface area (Å²) in [7, 11) is 0. The van der Waals surface area contributed by atoms with Crippen LogP contribution in [0.4, 0.5) is 0 Å². The molecule has 2 rings (SSSR count). The standard InChI is InChI=1S/C15H19ClO2/c16-13-7-5-6-12(10-13)15(17)11-18-14-8-3-1-2-4-9-14/h5-7,10,14H,1-4,8-9,11H2. The van der Waals surface area contributed by atoms with Gasteiger partial charge in [-0.3, -0.25) is 4.79 Å². The second-order valence-electron chi connectivity index (χ2n) is 4.86. The van der Waals surface area contributed by atoms with Gasteiger partial charge in [-0.05, 0) is 25.0 Å². The lowest BCUT2D eigenvalue weighted by molar-refractivity contribution is 0.0389. The zero-order valence-electron chi connectivity index (χ0n) is 10.5. The van der Waals surface area contributed by atoms with Gasteiger partial charge in [0.2, 0.25) is 0 Å². The van der Waals surface area contributed by atoms with E-state index in [1.54, 1.807) is 24.3 Å². The normalized spacial score (nSPS) is 17.4. The quantitative estimate of drug-likeness (QED) is 0.601. The van der Waals surface area contributed by atoms with E-state index in [1.807, 2.05) is 0 Å². The van der Waals surface area contributed by atoms with Crippen molar-refractivity contribution >= 4 is 17.4 Å². The monoisotopic (exact) mass is 266 g/mol. The number of carbonyl (C=O) groups is 1. The molecule has 0 amide bonds. The summed E-state index contributed by atoms with van der Waals surface area (Å²) >= 11 is 5.87. The fraction of sp³-hybridized carbons (Fsp3) is 0.533. The van der Waals surface area contributed by atoms with E-state index in [0.29, 0.717) is 10.6 Å². The molecule has 3 heteroatoms. The molecule has 18 heavy (non-hydrogen) atoms. The Balaban J connectivity index is 1.84. The molecule has 0 unspecified atom stereocenters. The lowest BCUT2D eigenvalue weighted by Crippen LogP contribution is -2.18. The SMILES string of the molecule is O=C(COC1CCCCCC1)c1cccc(Cl)c1. The molecule has 0 N–H and O–H groups in total. The van der Waals surface area contributed by atoms with Gasteiger partial charge in [-0.2, -0.15) is 0 Å². The molecule has 1 fully saturated rings. The third-order valence-electron chi connectivity index (χ3n) is 3.40. The van der Waals surface area contributed by atoms with E-state index in [0.717, 1.165) is 12.8 Å². The van der Waals surface area contributed by atoms with Crippen LogP contribution in [0.2, 0.25) is 5.02 Å². The van der Waals surface area contributed by atoms with E-state index < -0.39 is 0 Å². The predicted octanol–water partition coefficient (Wildman–Crippen LogP) is 4.26. The molecule has 1 aliphatic carbocycles. The Morgan fingerprint density at radius 3 is 2.61 bits per heavy atom. The Morgan fingerprint density at radius 2 is 1.94 bits per heavy atom. The molecule has 1 aliphatic rings. The molecule has 0 radical (unpaired) electrons. The number of carbonyl (C=O) groups excluding carboxylic acids is 1. The van der Waals surface area contributed by atoms with Gasteiger partial charge in [-0.15, -0.1) is 0 Å². The maximum absolute atomic E-state index is 11.9. The largest absolute Gasteiger partial charge is 0.370 e. The van der Waals surface area contributed by atoms with Crippen LogP contribution in [0.15, 0.2) is 24.3 Å². The molecule has 1 saturated carbocycles. The molecule has 98 valence electrons. The molecule has 0 aliphatic heterocycles. The number of hydrogen-bond acceptors (Lipinski definition) is 2. The number of rotatable bonds is 4. The lowest BCUT2D eigenvalue weighted by Gasteiger charge is -2.14. The number of benzene rings is 1. The summed E-state index contributed by atoms with van der Waals surface area (Å²) < 4.78 is 5.73. The summed E-state index contributed by atoms with van der Waals surface area (Å²) in [6.07, 6.45) is 7.46. The van der Waals surface area contributed by atoms with Crippen LogP contribution in [0.3, 0.4) is 0 Å². The van der Waals surface area contributed by atoms with Crippen molar-refractivity contribution in [1.29, 1.82) is 0 Å². The van der Waals surface area contributed by atoms with Crippen LogP contribution in [0.1, 0.15) is 48.9 Å². The third kappa shape index (κ3) is 4.11. The van der Waals surface area contributed by atoms with Crippen molar-refractivity contribution in [3.05, 3.63) is 34.9 Å². The molecule has 0 saturated heterocycles. The van der Waals surface area contributed by atoms with Gasteiger partial charge in [0.05, 0.1) is 6.10 Å². The summed E-state index contributed by atoms with van der Waals surface area (Å²) in [5.74, 6) is 0.0155. The molecule has 0 spiro atoms. The first kappa shape index (κ1) is 13.6. The molecule has 0 bridgehead atoms. The molecule has 0 heterocycles. The Morgan fingerprint density at radius 1 is 1.22 bits per heavy atom. The smallest absolute Gasteiger partial charge is 0.188 e. The van der Waals surface area contributed by atoms with Crippen LogP contribution < -0.4 is 0 Å². The lowest BCUT2D eigenvalue weighted by atomic mass is 10.1. The first-order valence-electron chi connectivity index (χ1n) is 6.66. The number of halogens is 1. The Labute approximate surface area is 113 Å². The van der Waals surface area contributed by atoms with Gasteiger partial charge in [0.15, 0.2) is 5.78 Å². The number of hydrogen-bond donors (Lipinski definition) is 0. The maximum Gasteiger partial charge on any atom is 0.188 e. The minimum Gasteiger partial charge on any atom is -0.370 e. The molecular formula is C15H19ClO2. The molecule has 1 aromatic rings. The van der Waals surface area contributed by atoms with E-state index in [-0.39, 0.29) is 18.5 Å². The van der Waals surface area contributed by atoms with Crippen molar-refractivity contribution in [3.63, 3.8) is 0 Å². The predicted molar refractivity (Wildman–Crippen MR) is 73.2 cm³/mol. The zero-order valence-corrected chi connectivity index (χ0v) is 11.3. The summed E-state index contributed by atoms with van der Waals surface area (Å²) in [5, 5.41) is 0.593. The van der Waals surface area contributed by atoms with Gasteiger partial charge in [-0.25, -0.2) is 0 Å². The van der Waals surface area contributed by atoms with E-state index in [4.69, 9.17) is 16.3 Å². The first-order valence-corrected chi connectivity index (χ1v) is 7.04. The van der Waals surface area contributed by atoms with Gasteiger partial charge in [-0.1, -0.05) is 49.4 Å². The van der Waals surface area contributed by atoms with Crippen molar-refractivity contribution in [2.45, 2.75) is 44.6 Å². The Kier molecular flexibility index (Phi) is 5.21. The van der Waals surface area contributed by atoms with E-state index in [1.165, 1.54) is 25.7 Å². The van der Waals surface area contributed by atoms with Crippen molar-refractivity contribution in [1.82, 2.24) is 0 Å². The first-order chi connectivity index (χ1) is 8.75. The summed E-state index contributed by atoms with van der Waals surface area (Å²) in [6.45, 7) is 0.172. The highest BCUT2D eigenvalue weighted by molar-refractivity contribution is 6.31. The third-order valence-corrected chi connectivity index (χ3v) is 3.63. The van der Waals surface area contributed by atoms with Crippen LogP contribution in [0, 0.1) is 0 Å². The molecule has 0 atom stereocenters. The molecule has 0 aromatic heterocycles. The maximum atomic E-state index is 11.9. The van der Waals surface area contributed by atoms with Gasteiger partial charge < -0.3 is 4.74 Å². The fourth-order valence-corrected chi connectivity index (χ4v) is 2.54. The summed E-state index contributed by atoms with van der Waals surface area (Å²) in [6, 6.07) is 7.04. The topological polar surface area (TPSA) is 26.3 Å². The van der Waals surface area contributed by atoms with Crippen molar-refractivity contribution in [2.75, 3.05) is 6.61 Å². The number of ketones is 1. The van der Waals surface area contributed by atoms with E-state index in [9.17, 15) is 4.79 Å². The van der Waals surface area contributed by atoms with Crippen molar-refractivity contribution < 1.29 is 9.53 Å². The summed E-state index contributed by atoms with van der Waals surface area (Å²) in [5.41, 5.74) is 0.635. The van der Waals surface area contributed by atoms with Gasteiger partial charge in [0.25, 0.3) is 0 Å². The highest BCUT2D eigenvalue weighted by atomic mass is 35.5. The highest BCUT2D eigenvalue weighted by Crippen LogP contribution is 2.20. The average molecular weight is 267 g/mol. The van der Waals surface area contributed by atoms with Crippen molar-refractivity contribution in [3.8, 4) is 0 Å². The minimum absolute atomic E-state index is 0.0155. The molecular weight excluding hydrogens is 248 g/mol. The fourth-order valence-electron chi connectivity index (χ4n) is 2.35. The molecule has 2 nitrogen and oxygen atoms in total. The average Bonchev–Trinajstić information content (AvgIpc) is 2.64. The van der Waals surface area contributed by atoms with Crippen LogP contribution in [-0.2, 0) is 4.74 Å². The Bertz CT molecular complexity index is 395. The van der Waals surface area contributed by atoms with Gasteiger partial charge in [0, 0.05) is 10.6 Å². The Hall–Kier alpha value is -0.860. The minimum atomic E-state index is 0.0155. The molecule has 1 aromatic carbocycles. The summed E-state index contributed by atoms with van der Waals surface area (Å²) in [4.78, 5) is 11.9. The van der Waals surface area contributed by atoms with E-state index >= 15 is 0 Å². The van der Waals surface area contributed by atoms with E-state index in [2.05, 4.69) is 0 Å². The van der Waals surface area contributed by atoms with Crippen LogP contribution in [0.5, 0.6) is 0 Å². The number of Topliss-reactive ketones (excluding diaryl/α,β-unsaturated/α-hetero) is 1. The van der Waals surface area contributed by atoms with Crippen LogP contribution in [-0.4, -0.2) is 18.5 Å². The van der Waals surface area contributed by atoms with Crippen LogP contribution in [0.25, 0.3) is 0 Å². The second-order valence-corrected chi connectivity index (χ2v) is 5.29. The van der Waals surface area contributed by atoms with Crippen LogP contribution >= 0.6 is 11.6 Å². The highest BCUT2D eigenvalue weighted by Gasteiger charge is 2.15. The van der Waals surface area contributed by atoms with Crippen molar-refractivity contribution in [2.24, 2.45) is 0 Å².